The monoisotopic (exact) mass is 420 g/mol. The van der Waals surface area contributed by atoms with Gasteiger partial charge in [0.2, 0.25) is 0 Å². The molecule has 0 saturated carbocycles. The second kappa shape index (κ2) is 8.56. The third kappa shape index (κ3) is 4.63. The number of anilines is 2. The Hall–Kier alpha value is -2.36. The van der Waals surface area contributed by atoms with Crippen molar-refractivity contribution in [2.24, 2.45) is 0 Å². The number of aromatic nitrogens is 2. The number of benzene rings is 1. The van der Waals surface area contributed by atoms with Gasteiger partial charge in [0, 0.05) is 23.7 Å². The maximum atomic E-state index is 12.4. The van der Waals surface area contributed by atoms with Crippen LogP contribution in [0.1, 0.15) is 16.3 Å². The molecule has 3 aromatic rings. The summed E-state index contributed by atoms with van der Waals surface area (Å²) >= 11 is 1.65. The van der Waals surface area contributed by atoms with Gasteiger partial charge in [-0.15, -0.1) is 11.3 Å². The topological polar surface area (TPSA) is 59.5 Å². The van der Waals surface area contributed by atoms with Crippen LogP contribution in [-0.2, 0) is 11.3 Å². The van der Waals surface area contributed by atoms with E-state index in [2.05, 4.69) is 28.8 Å². The minimum absolute atomic E-state index is 0.119. The molecule has 4 rings (SSSR count). The summed E-state index contributed by atoms with van der Waals surface area (Å²) in [6.45, 7) is 5.11. The number of alkyl halides is 2. The molecule has 6 nitrogen and oxygen atoms in total. The van der Waals surface area contributed by atoms with Gasteiger partial charge in [0.15, 0.2) is 0 Å². The number of hydrogen-bond donors (Lipinski definition) is 1. The maximum Gasteiger partial charge on any atom is 0.387 e. The summed E-state index contributed by atoms with van der Waals surface area (Å²) in [4.78, 5) is 14.0. The second-order valence-electron chi connectivity index (χ2n) is 6.87. The van der Waals surface area contributed by atoms with Crippen molar-refractivity contribution < 1.29 is 18.3 Å². The van der Waals surface area contributed by atoms with Crippen molar-refractivity contribution in [1.29, 1.82) is 0 Å². The van der Waals surface area contributed by atoms with Crippen molar-refractivity contribution >= 4 is 33.1 Å². The molecule has 0 amide bonds. The number of morpholine rings is 1. The molecule has 1 aliphatic rings. The third-order valence-corrected chi connectivity index (χ3v) is 5.99. The Balaban J connectivity index is 1.64. The highest BCUT2D eigenvalue weighted by Crippen LogP contribution is 2.35. The van der Waals surface area contributed by atoms with E-state index in [9.17, 15) is 8.78 Å². The van der Waals surface area contributed by atoms with E-state index in [0.717, 1.165) is 59.4 Å². The molecule has 0 bridgehead atoms. The molecule has 3 heterocycles. The molecule has 0 atom stereocenters. The lowest BCUT2D eigenvalue weighted by atomic mass is 10.2. The van der Waals surface area contributed by atoms with E-state index in [4.69, 9.17) is 14.7 Å². The number of fused-ring (bicyclic) bond motifs is 1. The molecule has 1 aromatic carbocycles. The van der Waals surface area contributed by atoms with Crippen LogP contribution in [0.4, 0.5) is 20.3 Å². The summed E-state index contributed by atoms with van der Waals surface area (Å²) < 4.78 is 34.5. The molecule has 154 valence electrons. The minimum Gasteiger partial charge on any atom is -0.435 e. The first-order valence-electron chi connectivity index (χ1n) is 9.38. The normalized spacial score (nSPS) is 15.2. The number of hydrogen-bond acceptors (Lipinski definition) is 7. The summed E-state index contributed by atoms with van der Waals surface area (Å²) in [6, 6.07) is 6.41. The van der Waals surface area contributed by atoms with Crippen LogP contribution in [0.15, 0.2) is 24.3 Å². The fourth-order valence-electron chi connectivity index (χ4n) is 3.27. The van der Waals surface area contributed by atoms with Gasteiger partial charge in [-0.2, -0.15) is 8.78 Å². The van der Waals surface area contributed by atoms with Crippen LogP contribution in [0, 0.1) is 13.8 Å². The second-order valence-corrected chi connectivity index (χ2v) is 8.07. The van der Waals surface area contributed by atoms with Gasteiger partial charge < -0.3 is 14.8 Å². The van der Waals surface area contributed by atoms with Crippen molar-refractivity contribution in [3.63, 3.8) is 0 Å². The molecule has 1 aliphatic heterocycles. The molecule has 0 unspecified atom stereocenters. The first-order valence-corrected chi connectivity index (χ1v) is 10.2. The van der Waals surface area contributed by atoms with Gasteiger partial charge in [-0.05, 0) is 43.7 Å². The summed E-state index contributed by atoms with van der Waals surface area (Å²) in [5, 5.41) is 4.32. The smallest absolute Gasteiger partial charge is 0.387 e. The number of aryl methyl sites for hydroxylation is 2. The zero-order valence-electron chi connectivity index (χ0n) is 16.2. The molecular weight excluding hydrogens is 398 g/mol. The number of nitrogens with one attached hydrogen (secondary N) is 1. The van der Waals surface area contributed by atoms with Crippen LogP contribution in [0.25, 0.3) is 10.2 Å². The van der Waals surface area contributed by atoms with Gasteiger partial charge in [0.25, 0.3) is 0 Å². The predicted octanol–water partition coefficient (Wildman–Crippen LogP) is 4.49. The van der Waals surface area contributed by atoms with E-state index in [1.54, 1.807) is 23.5 Å². The van der Waals surface area contributed by atoms with Crippen LogP contribution in [0.3, 0.4) is 0 Å². The van der Waals surface area contributed by atoms with E-state index in [-0.39, 0.29) is 5.75 Å². The summed E-state index contributed by atoms with van der Waals surface area (Å²) in [7, 11) is 0. The van der Waals surface area contributed by atoms with Crippen molar-refractivity contribution in [2.75, 3.05) is 31.6 Å². The minimum atomic E-state index is -2.84. The first kappa shape index (κ1) is 19.9. The molecule has 1 N–H and O–H groups in total. The molecule has 1 saturated heterocycles. The van der Waals surface area contributed by atoms with Gasteiger partial charge in [0.05, 0.1) is 25.1 Å². The highest BCUT2D eigenvalue weighted by atomic mass is 32.1. The Morgan fingerprint density at radius 1 is 1.17 bits per heavy atom. The van der Waals surface area contributed by atoms with E-state index in [1.807, 2.05) is 0 Å². The largest absolute Gasteiger partial charge is 0.435 e. The van der Waals surface area contributed by atoms with Gasteiger partial charge in [0.1, 0.15) is 22.2 Å². The predicted molar refractivity (Wildman–Crippen MR) is 109 cm³/mol. The highest BCUT2D eigenvalue weighted by Gasteiger charge is 2.18. The molecule has 2 aromatic heterocycles. The van der Waals surface area contributed by atoms with E-state index in [0.29, 0.717) is 6.54 Å². The Morgan fingerprint density at radius 2 is 1.90 bits per heavy atom. The SMILES string of the molecule is Cc1sc2nc(CN3CCOCC3)nc(Nc3ccc(OC(F)F)cc3)c2c1C. The van der Waals surface area contributed by atoms with Crippen molar-refractivity contribution in [2.45, 2.75) is 27.0 Å². The van der Waals surface area contributed by atoms with Crippen LogP contribution < -0.4 is 10.1 Å². The standard InChI is InChI=1S/C20H22F2N4O2S/c1-12-13(2)29-19-17(12)18(23-14-3-5-15(6-4-14)28-20(21)22)24-16(25-19)11-26-7-9-27-10-8-26/h3-6,20H,7-11H2,1-2H3,(H,23,24,25). The van der Waals surface area contributed by atoms with E-state index >= 15 is 0 Å². The van der Waals surface area contributed by atoms with E-state index < -0.39 is 6.61 Å². The average Bonchev–Trinajstić information content (AvgIpc) is 2.98. The summed E-state index contributed by atoms with van der Waals surface area (Å²) in [5.74, 6) is 1.59. The molecular formula is C20H22F2N4O2S. The molecule has 1 fully saturated rings. The molecule has 0 radical (unpaired) electrons. The lowest BCUT2D eigenvalue weighted by molar-refractivity contribution is -0.0498. The number of ether oxygens (including phenoxy) is 2. The van der Waals surface area contributed by atoms with Crippen LogP contribution in [0.5, 0.6) is 5.75 Å². The Kier molecular flexibility index (Phi) is 5.89. The van der Waals surface area contributed by atoms with Crippen molar-refractivity contribution in [3.8, 4) is 5.75 Å². The molecule has 0 aliphatic carbocycles. The quantitative estimate of drug-likeness (QED) is 0.634. The van der Waals surface area contributed by atoms with Gasteiger partial charge >= 0.3 is 6.61 Å². The van der Waals surface area contributed by atoms with E-state index in [1.165, 1.54) is 17.0 Å². The summed E-state index contributed by atoms with van der Waals surface area (Å²) in [6.07, 6.45) is 0. The van der Waals surface area contributed by atoms with Gasteiger partial charge in [-0.25, -0.2) is 9.97 Å². The van der Waals surface area contributed by atoms with Crippen LogP contribution in [-0.4, -0.2) is 47.8 Å². The Bertz CT molecular complexity index is 988. The highest BCUT2D eigenvalue weighted by molar-refractivity contribution is 7.18. The number of halogens is 2. The van der Waals surface area contributed by atoms with Gasteiger partial charge in [-0.1, -0.05) is 0 Å². The number of rotatable bonds is 6. The zero-order chi connectivity index (χ0) is 20.4. The molecule has 9 heteroatoms. The fourth-order valence-corrected chi connectivity index (χ4v) is 4.32. The maximum absolute atomic E-state index is 12.4. The fraction of sp³-hybridized carbons (Fsp3) is 0.400. The molecule has 0 spiro atoms. The van der Waals surface area contributed by atoms with Gasteiger partial charge in [-0.3, -0.25) is 4.90 Å². The Morgan fingerprint density at radius 3 is 2.59 bits per heavy atom. The first-order chi connectivity index (χ1) is 14.0. The zero-order valence-corrected chi connectivity index (χ0v) is 17.1. The Labute approximate surface area is 171 Å². The van der Waals surface area contributed by atoms with Crippen molar-refractivity contribution in [1.82, 2.24) is 14.9 Å². The lowest BCUT2D eigenvalue weighted by Gasteiger charge is -2.25. The van der Waals surface area contributed by atoms with Crippen LogP contribution >= 0.6 is 11.3 Å². The lowest BCUT2D eigenvalue weighted by Crippen LogP contribution is -2.36. The third-order valence-electron chi connectivity index (χ3n) is 4.89. The average molecular weight is 420 g/mol. The number of thiophene rings is 1. The van der Waals surface area contributed by atoms with Crippen LogP contribution in [0.2, 0.25) is 0 Å². The summed E-state index contributed by atoms with van der Waals surface area (Å²) in [5.41, 5.74) is 1.88. The van der Waals surface area contributed by atoms with Crippen molar-refractivity contribution in [3.05, 3.63) is 40.5 Å². The molecule has 29 heavy (non-hydrogen) atoms. The number of nitrogens with zero attached hydrogens (tertiary/aromatic N) is 3.